The lowest BCUT2D eigenvalue weighted by Crippen LogP contribution is -2.54. The Morgan fingerprint density at radius 1 is 1.06 bits per heavy atom. The monoisotopic (exact) mass is 529 g/mol. The van der Waals surface area contributed by atoms with Gasteiger partial charge in [0, 0.05) is 0 Å². The van der Waals surface area contributed by atoms with Crippen molar-refractivity contribution in [2.75, 3.05) is 12.0 Å². The third-order valence-corrected chi connectivity index (χ3v) is 6.53. The van der Waals surface area contributed by atoms with Crippen LogP contribution in [0.1, 0.15) is 5.56 Å². The molecular weight excluding hydrogens is 512 g/mol. The summed E-state index contributed by atoms with van der Waals surface area (Å²) >= 11 is 11.7. The highest BCUT2D eigenvalue weighted by molar-refractivity contribution is 7.85. The highest BCUT2D eigenvalue weighted by Gasteiger charge is 2.34. The van der Waals surface area contributed by atoms with Crippen LogP contribution in [0.5, 0.6) is 17.2 Å². The van der Waals surface area contributed by atoms with Gasteiger partial charge in [-0.15, -0.1) is 0 Å². The van der Waals surface area contributed by atoms with Gasteiger partial charge in [-0.1, -0.05) is 35.9 Å². The summed E-state index contributed by atoms with van der Waals surface area (Å²) in [6.07, 6.45) is 1.39. The average molecular weight is 530 g/mol. The highest BCUT2D eigenvalue weighted by atomic mass is 35.5. The van der Waals surface area contributed by atoms with Crippen LogP contribution in [0, 0.1) is 0 Å². The first-order chi connectivity index (χ1) is 16.7. The molecular formula is C24H18ClN2O6S2-. The van der Waals surface area contributed by atoms with Crippen molar-refractivity contribution in [1.29, 1.82) is 0 Å². The average Bonchev–Trinajstić information content (AvgIpc) is 2.83. The molecule has 1 N–H and O–H groups in total. The number of hydrogen-bond acceptors (Lipinski definition) is 7. The molecule has 0 aromatic heterocycles. The Morgan fingerprint density at radius 3 is 2.34 bits per heavy atom. The lowest BCUT2D eigenvalue weighted by Gasteiger charge is -2.33. The van der Waals surface area contributed by atoms with Crippen LogP contribution in [0.3, 0.4) is 0 Å². The maximum atomic E-state index is 13.3. The van der Waals surface area contributed by atoms with Crippen molar-refractivity contribution in [3.63, 3.8) is 0 Å². The first-order valence-electron chi connectivity index (χ1n) is 10.1. The molecule has 1 unspecified atom stereocenters. The topological polar surface area (TPSA) is 108 Å². The highest BCUT2D eigenvalue weighted by Crippen LogP contribution is 2.30. The van der Waals surface area contributed by atoms with Crippen molar-refractivity contribution in [3.8, 4) is 17.2 Å². The minimum atomic E-state index is -4.81. The Bertz CT molecular complexity index is 1410. The smallest absolute Gasteiger partial charge is 0.263 e. The molecule has 1 atom stereocenters. The standard InChI is InChI=1S/C24H19ClN2O6S2/c1-32-20-12-7-15(14-21(20)35(29,30)31)13-19-22(25)26-24(34)27(23(19)28)16-8-10-18(11-9-16)33-17-5-3-2-4-6-17/h2-14,22H,1H3,(H,26,34)(H,29,30,31)/p-1/b19-13+. The van der Waals surface area contributed by atoms with Gasteiger partial charge in [-0.25, -0.2) is 8.42 Å². The Morgan fingerprint density at radius 2 is 1.71 bits per heavy atom. The molecule has 0 radical (unpaired) electrons. The molecule has 35 heavy (non-hydrogen) atoms. The lowest BCUT2D eigenvalue weighted by atomic mass is 10.1. The van der Waals surface area contributed by atoms with Crippen molar-refractivity contribution in [2.24, 2.45) is 0 Å². The zero-order valence-electron chi connectivity index (χ0n) is 18.2. The number of para-hydroxylation sites is 1. The van der Waals surface area contributed by atoms with E-state index in [2.05, 4.69) is 5.32 Å². The summed E-state index contributed by atoms with van der Waals surface area (Å²) in [5.41, 5.74) is -0.124. The summed E-state index contributed by atoms with van der Waals surface area (Å²) < 4.78 is 45.6. The molecule has 1 aliphatic rings. The van der Waals surface area contributed by atoms with E-state index in [0.29, 0.717) is 17.2 Å². The number of anilines is 1. The van der Waals surface area contributed by atoms with Crippen molar-refractivity contribution in [2.45, 2.75) is 10.4 Å². The number of benzene rings is 3. The number of thiocarbonyl (C=S) groups is 1. The van der Waals surface area contributed by atoms with E-state index in [-0.39, 0.29) is 22.0 Å². The number of rotatable bonds is 6. The molecule has 1 fully saturated rings. The number of nitrogens with one attached hydrogen (secondary N) is 1. The van der Waals surface area contributed by atoms with Crippen molar-refractivity contribution in [3.05, 3.63) is 83.9 Å². The number of amides is 1. The Labute approximate surface area is 212 Å². The summed E-state index contributed by atoms with van der Waals surface area (Å²) in [6.45, 7) is 0. The largest absolute Gasteiger partial charge is 0.744 e. The fraction of sp³-hybridized carbons (Fsp3) is 0.0833. The van der Waals surface area contributed by atoms with Gasteiger partial charge in [0.05, 0.1) is 23.3 Å². The Balaban J connectivity index is 1.64. The van der Waals surface area contributed by atoms with Crippen LogP contribution in [-0.2, 0) is 14.9 Å². The molecule has 3 aromatic rings. The minimum absolute atomic E-state index is 0.0985. The van der Waals surface area contributed by atoms with Crippen molar-refractivity contribution < 1.29 is 27.2 Å². The van der Waals surface area contributed by atoms with Gasteiger partial charge in [0.2, 0.25) is 0 Å². The zero-order chi connectivity index (χ0) is 25.2. The molecule has 1 heterocycles. The fourth-order valence-electron chi connectivity index (χ4n) is 3.40. The second kappa shape index (κ2) is 10.0. The van der Waals surface area contributed by atoms with E-state index in [0.717, 1.165) is 6.07 Å². The third-order valence-electron chi connectivity index (χ3n) is 5.03. The number of hydrogen-bond donors (Lipinski definition) is 1. The van der Waals surface area contributed by atoms with Crippen LogP contribution in [0.4, 0.5) is 5.69 Å². The second-order valence-electron chi connectivity index (χ2n) is 7.33. The van der Waals surface area contributed by atoms with E-state index >= 15 is 0 Å². The van der Waals surface area contributed by atoms with Gasteiger partial charge >= 0.3 is 0 Å². The van der Waals surface area contributed by atoms with Gasteiger partial charge in [-0.3, -0.25) is 9.69 Å². The van der Waals surface area contributed by atoms with Crippen LogP contribution in [-0.4, -0.2) is 36.6 Å². The van der Waals surface area contributed by atoms with E-state index in [9.17, 15) is 17.8 Å². The van der Waals surface area contributed by atoms with E-state index in [4.69, 9.17) is 33.3 Å². The number of ether oxygens (including phenoxy) is 2. The summed E-state index contributed by atoms with van der Waals surface area (Å²) in [5, 5.41) is 2.95. The number of methoxy groups -OCH3 is 1. The molecule has 8 nitrogen and oxygen atoms in total. The Kier molecular flexibility index (Phi) is 7.08. The van der Waals surface area contributed by atoms with Crippen LogP contribution in [0.2, 0.25) is 0 Å². The number of alkyl halides is 1. The van der Waals surface area contributed by atoms with Crippen LogP contribution in [0.25, 0.3) is 6.08 Å². The van der Waals surface area contributed by atoms with E-state index in [1.165, 1.54) is 30.2 Å². The summed E-state index contributed by atoms with van der Waals surface area (Å²) in [5.74, 6) is 0.630. The molecule has 1 amide bonds. The van der Waals surface area contributed by atoms with Crippen molar-refractivity contribution >= 4 is 56.7 Å². The van der Waals surface area contributed by atoms with Gasteiger partial charge in [-0.2, -0.15) is 0 Å². The SMILES string of the molecule is COc1ccc(/C=C2/C(=O)N(c3ccc(Oc4ccccc4)cc3)C(=S)NC2Cl)cc1S(=O)(=O)[O-]. The predicted octanol–water partition coefficient (Wildman–Crippen LogP) is 4.26. The number of carbonyl (C=O) groups excluding carboxylic acids is 1. The fourth-order valence-corrected chi connectivity index (χ4v) is 4.70. The maximum absolute atomic E-state index is 13.3. The number of nitrogens with zero attached hydrogens (tertiary/aromatic N) is 1. The molecule has 1 saturated heterocycles. The van der Waals surface area contributed by atoms with Gasteiger partial charge < -0.3 is 19.3 Å². The molecule has 1 aliphatic heterocycles. The lowest BCUT2D eigenvalue weighted by molar-refractivity contribution is -0.114. The number of carbonyl (C=O) groups is 1. The van der Waals surface area contributed by atoms with Crippen LogP contribution < -0.4 is 19.7 Å². The second-order valence-corrected chi connectivity index (χ2v) is 9.50. The third kappa shape index (κ3) is 5.46. The van der Waals surface area contributed by atoms with E-state index in [1.54, 1.807) is 24.3 Å². The van der Waals surface area contributed by atoms with Crippen molar-refractivity contribution in [1.82, 2.24) is 5.32 Å². The predicted molar refractivity (Wildman–Crippen MR) is 135 cm³/mol. The van der Waals surface area contributed by atoms with E-state index in [1.807, 2.05) is 30.3 Å². The summed E-state index contributed by atoms with van der Waals surface area (Å²) in [7, 11) is -3.56. The molecule has 4 rings (SSSR count). The Hall–Kier alpha value is -3.44. The van der Waals surface area contributed by atoms with Gasteiger partial charge in [-0.05, 0) is 72.4 Å². The first kappa shape index (κ1) is 24.7. The molecule has 11 heteroatoms. The molecule has 180 valence electrons. The van der Waals surface area contributed by atoms with Gasteiger partial charge in [0.1, 0.15) is 32.9 Å². The van der Waals surface area contributed by atoms with Crippen LogP contribution >= 0.6 is 23.8 Å². The van der Waals surface area contributed by atoms with E-state index < -0.39 is 26.4 Å². The molecule has 0 aliphatic carbocycles. The van der Waals surface area contributed by atoms with Gasteiger partial charge in [0.15, 0.2) is 5.11 Å². The summed E-state index contributed by atoms with van der Waals surface area (Å²) in [4.78, 5) is 14.1. The molecule has 0 bridgehead atoms. The minimum Gasteiger partial charge on any atom is -0.744 e. The van der Waals surface area contributed by atoms with Crippen LogP contribution in [0.15, 0.2) is 83.3 Å². The molecule has 3 aromatic carbocycles. The first-order valence-corrected chi connectivity index (χ1v) is 12.4. The molecule has 0 spiro atoms. The quantitative estimate of drug-likeness (QED) is 0.166. The maximum Gasteiger partial charge on any atom is 0.263 e. The normalized spacial score (nSPS) is 17.3. The van der Waals surface area contributed by atoms with Gasteiger partial charge in [0.25, 0.3) is 5.91 Å². The number of halogens is 1. The summed E-state index contributed by atoms with van der Waals surface area (Å²) in [6, 6.07) is 19.9. The zero-order valence-corrected chi connectivity index (χ0v) is 20.6. The molecule has 0 saturated carbocycles.